The number of amides is 1. The molecule has 0 aliphatic heterocycles. The first kappa shape index (κ1) is 17.0. The number of hydrogen-bond acceptors (Lipinski definition) is 3. The lowest BCUT2D eigenvalue weighted by molar-refractivity contribution is -0.124. The molecule has 0 saturated heterocycles. The maximum absolute atomic E-state index is 12.9. The van der Waals surface area contributed by atoms with Crippen LogP contribution in [0, 0.1) is 0 Å². The van der Waals surface area contributed by atoms with Gasteiger partial charge in [0.05, 0.1) is 6.20 Å². The van der Waals surface area contributed by atoms with Crippen molar-refractivity contribution >= 4 is 5.91 Å². The minimum Gasteiger partial charge on any atom is -0.350 e. The molecule has 6 nitrogen and oxygen atoms in total. The Bertz CT molecular complexity index is 682. The predicted molar refractivity (Wildman–Crippen MR) is 71.9 cm³/mol. The van der Waals surface area contributed by atoms with Crippen LogP contribution in [0.2, 0.25) is 0 Å². The van der Waals surface area contributed by atoms with Crippen LogP contribution in [-0.2, 0) is 18.4 Å². The number of aromatic nitrogens is 4. The van der Waals surface area contributed by atoms with E-state index >= 15 is 0 Å². The first-order chi connectivity index (χ1) is 10.8. The van der Waals surface area contributed by atoms with Crippen molar-refractivity contribution in [3.63, 3.8) is 0 Å². The second-order valence-electron chi connectivity index (χ2n) is 4.96. The largest absolute Gasteiger partial charge is 0.350 e. The molecule has 0 aliphatic carbocycles. The number of aryl methyl sites for hydroxylation is 1. The van der Waals surface area contributed by atoms with E-state index in [0.717, 1.165) is 5.56 Å². The smallest absolute Gasteiger partial charge is 0.282 e. The van der Waals surface area contributed by atoms with E-state index < -0.39 is 36.2 Å². The average Bonchev–Trinajstić information content (AvgIpc) is 3.10. The highest BCUT2D eigenvalue weighted by Crippen LogP contribution is 2.27. The van der Waals surface area contributed by atoms with Gasteiger partial charge >= 0.3 is 0 Å². The highest BCUT2D eigenvalue weighted by Gasteiger charge is 2.26. The first-order valence-corrected chi connectivity index (χ1v) is 6.70. The van der Waals surface area contributed by atoms with E-state index in [1.807, 2.05) is 0 Å². The van der Waals surface area contributed by atoms with E-state index in [-0.39, 0.29) is 6.54 Å². The monoisotopic (exact) mass is 333 g/mol. The second kappa shape index (κ2) is 6.80. The zero-order valence-corrected chi connectivity index (χ0v) is 12.4. The van der Waals surface area contributed by atoms with Crippen LogP contribution in [0.3, 0.4) is 0 Å². The molecule has 23 heavy (non-hydrogen) atoms. The Balaban J connectivity index is 2.11. The van der Waals surface area contributed by atoms with Crippen LogP contribution >= 0.6 is 0 Å². The van der Waals surface area contributed by atoms with Crippen molar-refractivity contribution in [3.8, 4) is 0 Å². The number of halogens is 4. The zero-order chi connectivity index (χ0) is 17.1. The maximum Gasteiger partial charge on any atom is 0.282 e. The first-order valence-electron chi connectivity index (χ1n) is 6.70. The van der Waals surface area contributed by atoms with E-state index in [9.17, 15) is 22.4 Å². The molecule has 1 atom stereocenters. The molecule has 126 valence electrons. The van der Waals surface area contributed by atoms with Crippen molar-refractivity contribution in [1.29, 1.82) is 0 Å². The predicted octanol–water partition coefficient (Wildman–Crippen LogP) is 2.37. The Hall–Kier alpha value is -2.39. The molecule has 0 saturated carbocycles. The van der Waals surface area contributed by atoms with Gasteiger partial charge in [-0.15, -0.1) is 0 Å². The van der Waals surface area contributed by atoms with Gasteiger partial charge in [-0.05, 0) is 13.0 Å². The van der Waals surface area contributed by atoms with Crippen molar-refractivity contribution in [2.24, 2.45) is 7.05 Å². The maximum atomic E-state index is 12.9. The number of rotatable bonds is 6. The highest BCUT2D eigenvalue weighted by molar-refractivity contribution is 5.79. The van der Waals surface area contributed by atoms with Crippen LogP contribution in [0.15, 0.2) is 18.5 Å². The van der Waals surface area contributed by atoms with E-state index in [0.29, 0.717) is 10.7 Å². The number of carbonyl (C=O) groups excluding carboxylic acids is 1. The summed E-state index contributed by atoms with van der Waals surface area (Å²) in [5, 5.41) is 9.87. The minimum absolute atomic E-state index is 0.143. The van der Waals surface area contributed by atoms with Crippen LogP contribution in [0.1, 0.15) is 42.8 Å². The number of alkyl halides is 4. The third-order valence-electron chi connectivity index (χ3n) is 3.20. The quantitative estimate of drug-likeness (QED) is 0.826. The molecule has 1 N–H and O–H groups in total. The summed E-state index contributed by atoms with van der Waals surface area (Å²) in [5.74, 6) is -0.611. The van der Waals surface area contributed by atoms with Crippen molar-refractivity contribution in [2.45, 2.75) is 32.4 Å². The summed E-state index contributed by atoms with van der Waals surface area (Å²) in [6.07, 6.45) is -2.78. The van der Waals surface area contributed by atoms with Gasteiger partial charge < -0.3 is 5.32 Å². The molecule has 2 aromatic rings. The molecule has 0 bridgehead atoms. The summed E-state index contributed by atoms with van der Waals surface area (Å²) >= 11 is 0. The van der Waals surface area contributed by atoms with E-state index in [1.165, 1.54) is 6.92 Å². The second-order valence-corrected chi connectivity index (χ2v) is 4.96. The lowest BCUT2D eigenvalue weighted by Crippen LogP contribution is -2.32. The summed E-state index contributed by atoms with van der Waals surface area (Å²) in [5.41, 5.74) is -0.785. The molecule has 2 rings (SSSR count). The summed E-state index contributed by atoms with van der Waals surface area (Å²) in [6, 6.07) is -0.539. The van der Waals surface area contributed by atoms with Crippen LogP contribution in [0.4, 0.5) is 17.6 Å². The van der Waals surface area contributed by atoms with Gasteiger partial charge in [0.2, 0.25) is 5.91 Å². The lowest BCUT2D eigenvalue weighted by Gasteiger charge is -2.15. The van der Waals surface area contributed by atoms with E-state index in [2.05, 4.69) is 15.5 Å². The number of hydrogen-bond donors (Lipinski definition) is 1. The number of nitrogens with one attached hydrogen (secondary N) is 1. The van der Waals surface area contributed by atoms with Gasteiger partial charge in [-0.2, -0.15) is 10.2 Å². The van der Waals surface area contributed by atoms with Gasteiger partial charge in [0.25, 0.3) is 12.9 Å². The molecule has 0 spiro atoms. The van der Waals surface area contributed by atoms with Gasteiger partial charge in [-0.3, -0.25) is 14.2 Å². The van der Waals surface area contributed by atoms with Crippen LogP contribution in [-0.4, -0.2) is 25.5 Å². The third-order valence-corrected chi connectivity index (χ3v) is 3.20. The van der Waals surface area contributed by atoms with Gasteiger partial charge in [0.1, 0.15) is 17.4 Å². The molecule has 2 aromatic heterocycles. The highest BCUT2D eigenvalue weighted by atomic mass is 19.3. The van der Waals surface area contributed by atoms with Gasteiger partial charge in [-0.25, -0.2) is 17.6 Å². The Labute approximate surface area is 129 Å². The molecule has 0 fully saturated rings. The topological polar surface area (TPSA) is 64.7 Å². The van der Waals surface area contributed by atoms with Gasteiger partial charge in [-0.1, -0.05) is 0 Å². The zero-order valence-electron chi connectivity index (χ0n) is 12.4. The lowest BCUT2D eigenvalue weighted by atomic mass is 10.2. The Morgan fingerprint density at radius 1 is 1.30 bits per heavy atom. The van der Waals surface area contributed by atoms with Crippen molar-refractivity contribution in [2.75, 3.05) is 0 Å². The molecule has 0 radical (unpaired) electrons. The molecule has 0 aromatic carbocycles. The Morgan fingerprint density at radius 3 is 2.52 bits per heavy atom. The average molecular weight is 333 g/mol. The third kappa shape index (κ3) is 3.88. The van der Waals surface area contributed by atoms with E-state index in [4.69, 9.17) is 0 Å². The van der Waals surface area contributed by atoms with Crippen molar-refractivity contribution < 1.29 is 22.4 Å². The molecule has 1 amide bonds. The summed E-state index contributed by atoms with van der Waals surface area (Å²) < 4.78 is 53.3. The fraction of sp³-hybridized carbons (Fsp3) is 0.462. The van der Waals surface area contributed by atoms with Crippen LogP contribution in [0.25, 0.3) is 0 Å². The summed E-state index contributed by atoms with van der Waals surface area (Å²) in [6.45, 7) is 1.46. The SMILES string of the molecule is CC(C(=O)NCc1cnn(C)c1)n1nc(C(F)F)cc1C(F)F. The molecule has 10 heteroatoms. The summed E-state index contributed by atoms with van der Waals surface area (Å²) in [4.78, 5) is 12.0. The molecular formula is C13H15F4N5O. The minimum atomic E-state index is -3.01. The number of carbonyl (C=O) groups is 1. The van der Waals surface area contributed by atoms with Crippen molar-refractivity contribution in [3.05, 3.63) is 35.4 Å². The normalized spacial score (nSPS) is 12.9. The molecular weight excluding hydrogens is 318 g/mol. The Kier molecular flexibility index (Phi) is 5.02. The fourth-order valence-electron chi connectivity index (χ4n) is 2.02. The standard InChI is InChI=1S/C13H15F4N5O/c1-7(13(23)18-4-8-5-19-21(2)6-8)22-10(12(16)17)3-9(20-22)11(14)15/h3,5-7,11-12H,4H2,1-2H3,(H,18,23). The van der Waals surface area contributed by atoms with Crippen LogP contribution < -0.4 is 5.32 Å². The van der Waals surface area contributed by atoms with E-state index in [1.54, 1.807) is 24.1 Å². The Morgan fingerprint density at radius 2 is 2.00 bits per heavy atom. The number of nitrogens with zero attached hydrogens (tertiary/aromatic N) is 4. The molecule has 0 aliphatic rings. The fourth-order valence-corrected chi connectivity index (χ4v) is 2.02. The van der Waals surface area contributed by atoms with Gasteiger partial charge in [0, 0.05) is 25.4 Å². The molecule has 2 heterocycles. The van der Waals surface area contributed by atoms with Crippen molar-refractivity contribution in [1.82, 2.24) is 24.9 Å². The van der Waals surface area contributed by atoms with Gasteiger partial charge in [0.15, 0.2) is 0 Å². The summed E-state index contributed by atoms with van der Waals surface area (Å²) in [7, 11) is 1.71. The van der Waals surface area contributed by atoms with Crippen LogP contribution in [0.5, 0.6) is 0 Å². The molecule has 1 unspecified atom stereocenters.